The Bertz CT molecular complexity index is 612. The molecule has 124 valence electrons. The minimum Gasteiger partial charge on any atom is -0.410 e. The van der Waals surface area contributed by atoms with E-state index in [0.29, 0.717) is 5.75 Å². The Morgan fingerprint density at radius 1 is 1.30 bits per heavy atom. The maximum absolute atomic E-state index is 12.1. The fourth-order valence-electron chi connectivity index (χ4n) is 4.24. The molecule has 5 heteroatoms. The molecular weight excluding hydrogens is 290 g/mol. The average molecular weight is 315 g/mol. The lowest BCUT2D eigenvalue weighted by Gasteiger charge is -2.24. The molecule has 23 heavy (non-hydrogen) atoms. The maximum Gasteiger partial charge on any atom is 0.412 e. The fourth-order valence-corrected chi connectivity index (χ4v) is 4.24. The molecule has 2 aliphatic heterocycles. The predicted molar refractivity (Wildman–Crippen MR) is 89.9 cm³/mol. The second kappa shape index (κ2) is 5.71. The van der Waals surface area contributed by atoms with Gasteiger partial charge >= 0.3 is 6.09 Å². The number of carbonyl (C=O) groups is 1. The van der Waals surface area contributed by atoms with Crippen LogP contribution in [-0.2, 0) is 5.41 Å². The molecule has 1 aromatic rings. The summed E-state index contributed by atoms with van der Waals surface area (Å²) in [5, 5.41) is 10.0. The van der Waals surface area contributed by atoms with Crippen molar-refractivity contribution in [1.82, 2.24) is 10.6 Å². The van der Waals surface area contributed by atoms with Crippen LogP contribution in [0.25, 0.3) is 0 Å². The van der Waals surface area contributed by atoms with E-state index >= 15 is 0 Å². The summed E-state index contributed by atoms with van der Waals surface area (Å²) in [7, 11) is 0. The van der Waals surface area contributed by atoms with Crippen molar-refractivity contribution in [2.45, 2.75) is 63.1 Å². The quantitative estimate of drug-likeness (QED) is 0.785. The number of amides is 1. The molecule has 1 amide bonds. The van der Waals surface area contributed by atoms with Gasteiger partial charge in [-0.2, -0.15) is 0 Å². The number of hydrogen-bond donors (Lipinski definition) is 3. The lowest BCUT2D eigenvalue weighted by atomic mass is 9.81. The predicted octanol–water partition coefficient (Wildman–Crippen LogP) is 3.11. The second-order valence-corrected chi connectivity index (χ2v) is 7.28. The van der Waals surface area contributed by atoms with Gasteiger partial charge in [0.05, 0.1) is 6.17 Å². The molecule has 0 aromatic heterocycles. The van der Waals surface area contributed by atoms with Crippen LogP contribution in [0.15, 0.2) is 18.2 Å². The lowest BCUT2D eigenvalue weighted by Crippen LogP contribution is -2.38. The summed E-state index contributed by atoms with van der Waals surface area (Å²) >= 11 is 0. The summed E-state index contributed by atoms with van der Waals surface area (Å²) < 4.78 is 5.54. The molecule has 2 heterocycles. The third-order valence-electron chi connectivity index (χ3n) is 5.67. The van der Waals surface area contributed by atoms with Crippen molar-refractivity contribution in [2.24, 2.45) is 0 Å². The molecule has 3 N–H and O–H groups in total. The number of benzene rings is 1. The monoisotopic (exact) mass is 315 g/mol. The molecule has 1 aromatic carbocycles. The Labute approximate surface area is 137 Å². The van der Waals surface area contributed by atoms with Crippen LogP contribution in [0, 0.1) is 0 Å². The first-order valence-corrected chi connectivity index (χ1v) is 8.78. The summed E-state index contributed by atoms with van der Waals surface area (Å²) in [4.78, 5) is 12.1. The first-order valence-electron chi connectivity index (χ1n) is 8.78. The van der Waals surface area contributed by atoms with E-state index in [1.807, 2.05) is 18.2 Å². The molecule has 2 atom stereocenters. The van der Waals surface area contributed by atoms with Crippen LogP contribution in [0.5, 0.6) is 5.75 Å². The van der Waals surface area contributed by atoms with Crippen LogP contribution >= 0.6 is 0 Å². The van der Waals surface area contributed by atoms with E-state index in [1.54, 1.807) is 0 Å². The highest BCUT2D eigenvalue weighted by Crippen LogP contribution is 2.46. The van der Waals surface area contributed by atoms with Gasteiger partial charge in [-0.15, -0.1) is 0 Å². The summed E-state index contributed by atoms with van der Waals surface area (Å²) in [5.74, 6) is 0.632. The molecule has 0 spiro atoms. The molecule has 3 aliphatic rings. The number of carbonyl (C=O) groups excluding carboxylic acids is 1. The highest BCUT2D eigenvalue weighted by molar-refractivity contribution is 5.72. The SMILES string of the molecule is C[C@@]12CCNC1Nc1ccc(OC(=O)NC3CCCCC3)cc12. The van der Waals surface area contributed by atoms with E-state index in [9.17, 15) is 4.79 Å². The molecule has 2 fully saturated rings. The number of hydrogen-bond acceptors (Lipinski definition) is 4. The molecule has 0 bridgehead atoms. The van der Waals surface area contributed by atoms with Gasteiger partial charge in [-0.1, -0.05) is 26.2 Å². The van der Waals surface area contributed by atoms with Crippen molar-refractivity contribution in [3.8, 4) is 5.75 Å². The third kappa shape index (κ3) is 2.67. The van der Waals surface area contributed by atoms with Crippen molar-refractivity contribution in [3.63, 3.8) is 0 Å². The Morgan fingerprint density at radius 3 is 2.96 bits per heavy atom. The van der Waals surface area contributed by atoms with Gasteiger partial charge in [0.15, 0.2) is 0 Å². The highest BCUT2D eigenvalue weighted by Gasteiger charge is 2.46. The van der Waals surface area contributed by atoms with Gasteiger partial charge in [0, 0.05) is 17.1 Å². The molecule has 1 saturated heterocycles. The van der Waals surface area contributed by atoms with Gasteiger partial charge in [0.2, 0.25) is 0 Å². The van der Waals surface area contributed by atoms with Crippen molar-refractivity contribution in [1.29, 1.82) is 0 Å². The lowest BCUT2D eigenvalue weighted by molar-refractivity contribution is 0.192. The molecule has 5 nitrogen and oxygen atoms in total. The Kier molecular flexibility index (Phi) is 3.68. The van der Waals surface area contributed by atoms with Gasteiger partial charge < -0.3 is 15.4 Å². The van der Waals surface area contributed by atoms with Crippen LogP contribution < -0.4 is 20.7 Å². The Morgan fingerprint density at radius 2 is 2.13 bits per heavy atom. The number of ether oxygens (including phenoxy) is 1. The molecule has 0 radical (unpaired) electrons. The molecule has 1 unspecified atom stereocenters. The summed E-state index contributed by atoms with van der Waals surface area (Å²) in [6.07, 6.45) is 6.85. The number of anilines is 1. The zero-order chi connectivity index (χ0) is 15.9. The highest BCUT2D eigenvalue weighted by atomic mass is 16.6. The van der Waals surface area contributed by atoms with E-state index in [2.05, 4.69) is 22.9 Å². The van der Waals surface area contributed by atoms with E-state index < -0.39 is 0 Å². The van der Waals surface area contributed by atoms with Gasteiger partial charge in [0.25, 0.3) is 0 Å². The molecular formula is C18H25N3O2. The largest absolute Gasteiger partial charge is 0.412 e. The van der Waals surface area contributed by atoms with Crippen LogP contribution in [0.3, 0.4) is 0 Å². The van der Waals surface area contributed by atoms with Gasteiger partial charge in [-0.3, -0.25) is 5.32 Å². The van der Waals surface area contributed by atoms with Crippen molar-refractivity contribution >= 4 is 11.8 Å². The smallest absolute Gasteiger partial charge is 0.410 e. The van der Waals surface area contributed by atoms with E-state index in [-0.39, 0.29) is 23.7 Å². The summed E-state index contributed by atoms with van der Waals surface area (Å²) in [6, 6.07) is 6.18. The molecule has 1 saturated carbocycles. The number of rotatable bonds is 2. The van der Waals surface area contributed by atoms with Gasteiger partial charge in [0.1, 0.15) is 5.75 Å². The standard InChI is InChI=1S/C18H25N3O2/c1-18-9-10-19-16(18)21-15-8-7-13(11-14(15)18)23-17(22)20-12-5-3-2-4-6-12/h7-8,11-12,16,19,21H,2-6,9-10H2,1H3,(H,20,22)/t16?,18-/m0/s1. The van der Waals surface area contributed by atoms with Crippen molar-refractivity contribution in [3.05, 3.63) is 23.8 Å². The van der Waals surface area contributed by atoms with Crippen LogP contribution in [0.4, 0.5) is 10.5 Å². The minimum absolute atomic E-state index is 0.0779. The third-order valence-corrected chi connectivity index (χ3v) is 5.67. The average Bonchev–Trinajstić information content (AvgIpc) is 3.03. The van der Waals surface area contributed by atoms with Crippen LogP contribution in [0.1, 0.15) is 51.0 Å². The zero-order valence-corrected chi connectivity index (χ0v) is 13.7. The van der Waals surface area contributed by atoms with Crippen LogP contribution in [0.2, 0.25) is 0 Å². The number of nitrogens with one attached hydrogen (secondary N) is 3. The van der Waals surface area contributed by atoms with Crippen molar-refractivity contribution in [2.75, 3.05) is 11.9 Å². The van der Waals surface area contributed by atoms with E-state index in [1.165, 1.54) is 24.8 Å². The van der Waals surface area contributed by atoms with E-state index in [4.69, 9.17) is 4.74 Å². The number of fused-ring (bicyclic) bond motifs is 3. The van der Waals surface area contributed by atoms with Crippen molar-refractivity contribution < 1.29 is 9.53 Å². The first kappa shape index (κ1) is 14.8. The molecule has 4 rings (SSSR count). The fraction of sp³-hybridized carbons (Fsp3) is 0.611. The van der Waals surface area contributed by atoms with E-state index in [0.717, 1.165) is 31.5 Å². The summed E-state index contributed by atoms with van der Waals surface area (Å²) in [5.41, 5.74) is 2.47. The van der Waals surface area contributed by atoms with Crippen LogP contribution in [-0.4, -0.2) is 24.8 Å². The second-order valence-electron chi connectivity index (χ2n) is 7.28. The summed E-state index contributed by atoms with van der Waals surface area (Å²) in [6.45, 7) is 3.28. The van der Waals surface area contributed by atoms with Gasteiger partial charge in [-0.25, -0.2) is 4.79 Å². The zero-order valence-electron chi connectivity index (χ0n) is 13.7. The van der Waals surface area contributed by atoms with Gasteiger partial charge in [-0.05, 0) is 49.6 Å². The molecule has 1 aliphatic carbocycles. The minimum atomic E-state index is -0.325. The maximum atomic E-state index is 12.1. The Hall–Kier alpha value is -1.75. The Balaban J connectivity index is 1.45. The first-order chi connectivity index (χ1) is 11.1. The normalized spacial score (nSPS) is 29.5. The topological polar surface area (TPSA) is 62.4 Å².